The Morgan fingerprint density at radius 1 is 1.00 bits per heavy atom. The third kappa shape index (κ3) is 3.74. The van der Waals surface area contributed by atoms with Crippen molar-refractivity contribution in [1.82, 2.24) is 5.32 Å². The van der Waals surface area contributed by atoms with Crippen molar-refractivity contribution >= 4 is 17.5 Å². The highest BCUT2D eigenvalue weighted by atomic mass is 16.5. The number of anilines is 1. The standard InChI is InChI=1S/C19H20N2O3/c1-12-3-4-14(11-17(12)24-2)19(23)21-15-7-5-13(6-8-15)18(22)20-16-9-10-16/h3-8,11,16H,9-10H2,1-2H3,(H,20,22)(H,21,23). The van der Waals surface area contributed by atoms with Gasteiger partial charge in [0.2, 0.25) is 0 Å². The van der Waals surface area contributed by atoms with Crippen LogP contribution in [0.3, 0.4) is 0 Å². The number of methoxy groups -OCH3 is 1. The quantitative estimate of drug-likeness (QED) is 0.888. The molecule has 0 unspecified atom stereocenters. The summed E-state index contributed by atoms with van der Waals surface area (Å²) in [5.41, 5.74) is 2.73. The summed E-state index contributed by atoms with van der Waals surface area (Å²) in [5, 5.41) is 5.76. The van der Waals surface area contributed by atoms with Crippen LogP contribution in [0.1, 0.15) is 39.1 Å². The molecule has 1 aliphatic carbocycles. The van der Waals surface area contributed by atoms with E-state index < -0.39 is 0 Å². The van der Waals surface area contributed by atoms with E-state index in [2.05, 4.69) is 10.6 Å². The van der Waals surface area contributed by atoms with Crippen LogP contribution in [0.15, 0.2) is 42.5 Å². The van der Waals surface area contributed by atoms with Gasteiger partial charge in [0.15, 0.2) is 0 Å². The highest BCUT2D eigenvalue weighted by molar-refractivity contribution is 6.05. The molecule has 124 valence electrons. The molecule has 5 nitrogen and oxygen atoms in total. The molecule has 1 fully saturated rings. The van der Waals surface area contributed by atoms with Crippen molar-refractivity contribution < 1.29 is 14.3 Å². The topological polar surface area (TPSA) is 67.4 Å². The highest BCUT2D eigenvalue weighted by Crippen LogP contribution is 2.21. The Hall–Kier alpha value is -2.82. The Balaban J connectivity index is 1.66. The number of rotatable bonds is 5. The third-order valence-corrected chi connectivity index (χ3v) is 3.99. The number of amides is 2. The number of benzene rings is 2. The summed E-state index contributed by atoms with van der Waals surface area (Å²) in [7, 11) is 1.58. The van der Waals surface area contributed by atoms with Crippen LogP contribution in [0.25, 0.3) is 0 Å². The summed E-state index contributed by atoms with van der Waals surface area (Å²) in [4.78, 5) is 24.3. The second-order valence-electron chi connectivity index (χ2n) is 5.96. The smallest absolute Gasteiger partial charge is 0.255 e. The van der Waals surface area contributed by atoms with Crippen molar-refractivity contribution in [2.45, 2.75) is 25.8 Å². The van der Waals surface area contributed by atoms with Gasteiger partial charge in [0.25, 0.3) is 11.8 Å². The minimum absolute atomic E-state index is 0.0707. The summed E-state index contributed by atoms with van der Waals surface area (Å²) in [6.45, 7) is 1.92. The Morgan fingerprint density at radius 2 is 1.67 bits per heavy atom. The van der Waals surface area contributed by atoms with Crippen LogP contribution in [0.2, 0.25) is 0 Å². The van der Waals surface area contributed by atoms with Gasteiger partial charge in [0, 0.05) is 22.9 Å². The Labute approximate surface area is 141 Å². The zero-order chi connectivity index (χ0) is 17.1. The first-order chi connectivity index (χ1) is 11.6. The lowest BCUT2D eigenvalue weighted by Crippen LogP contribution is -2.25. The molecule has 2 aromatic rings. The number of carbonyl (C=O) groups is 2. The van der Waals surface area contributed by atoms with Gasteiger partial charge < -0.3 is 15.4 Å². The normalized spacial score (nSPS) is 13.2. The van der Waals surface area contributed by atoms with Crippen molar-refractivity contribution in [2.75, 3.05) is 12.4 Å². The molecular formula is C19H20N2O3. The molecule has 2 aromatic carbocycles. The molecule has 0 aromatic heterocycles. The summed E-state index contributed by atoms with van der Waals surface area (Å²) in [6, 6.07) is 12.5. The van der Waals surface area contributed by atoms with Gasteiger partial charge in [-0.05, 0) is 61.7 Å². The molecule has 2 N–H and O–H groups in total. The van der Waals surface area contributed by atoms with E-state index in [0.717, 1.165) is 18.4 Å². The molecule has 2 amide bonds. The lowest BCUT2D eigenvalue weighted by molar-refractivity contribution is 0.0950. The summed E-state index contributed by atoms with van der Waals surface area (Å²) in [5.74, 6) is 0.386. The van der Waals surface area contributed by atoms with Gasteiger partial charge in [-0.15, -0.1) is 0 Å². The van der Waals surface area contributed by atoms with Gasteiger partial charge >= 0.3 is 0 Å². The van der Waals surface area contributed by atoms with Crippen LogP contribution in [0.4, 0.5) is 5.69 Å². The highest BCUT2D eigenvalue weighted by Gasteiger charge is 2.23. The molecule has 0 heterocycles. The van der Waals surface area contributed by atoms with Crippen LogP contribution in [0, 0.1) is 6.92 Å². The zero-order valence-electron chi connectivity index (χ0n) is 13.8. The molecule has 0 spiro atoms. The van der Waals surface area contributed by atoms with E-state index in [1.807, 2.05) is 13.0 Å². The monoisotopic (exact) mass is 324 g/mol. The zero-order valence-corrected chi connectivity index (χ0v) is 13.8. The average molecular weight is 324 g/mol. The maximum Gasteiger partial charge on any atom is 0.255 e. The molecule has 1 saturated carbocycles. The number of ether oxygens (including phenoxy) is 1. The fraction of sp³-hybridized carbons (Fsp3) is 0.263. The van der Waals surface area contributed by atoms with Gasteiger partial charge in [-0.3, -0.25) is 9.59 Å². The third-order valence-electron chi connectivity index (χ3n) is 3.99. The molecule has 3 rings (SSSR count). The Morgan fingerprint density at radius 3 is 2.29 bits per heavy atom. The van der Waals surface area contributed by atoms with E-state index in [1.54, 1.807) is 43.5 Å². The summed E-state index contributed by atoms with van der Waals surface area (Å²) >= 11 is 0. The van der Waals surface area contributed by atoms with Crippen molar-refractivity contribution in [3.8, 4) is 5.75 Å². The predicted octanol–water partition coefficient (Wildman–Crippen LogP) is 3.15. The van der Waals surface area contributed by atoms with E-state index in [9.17, 15) is 9.59 Å². The van der Waals surface area contributed by atoms with Gasteiger partial charge in [0.05, 0.1) is 7.11 Å². The van der Waals surface area contributed by atoms with Crippen LogP contribution in [-0.4, -0.2) is 25.0 Å². The average Bonchev–Trinajstić information content (AvgIpc) is 3.39. The largest absolute Gasteiger partial charge is 0.496 e. The van der Waals surface area contributed by atoms with Crippen LogP contribution in [0.5, 0.6) is 5.75 Å². The number of nitrogens with one attached hydrogen (secondary N) is 2. The lowest BCUT2D eigenvalue weighted by Gasteiger charge is -2.09. The second kappa shape index (κ2) is 6.74. The first-order valence-electron chi connectivity index (χ1n) is 7.94. The van der Waals surface area contributed by atoms with E-state index >= 15 is 0 Å². The van der Waals surface area contributed by atoms with Crippen molar-refractivity contribution in [2.24, 2.45) is 0 Å². The van der Waals surface area contributed by atoms with Gasteiger partial charge in [-0.1, -0.05) is 6.07 Å². The minimum atomic E-state index is -0.219. The Bertz CT molecular complexity index is 765. The number of aryl methyl sites for hydroxylation is 1. The first kappa shape index (κ1) is 16.1. The van der Waals surface area contributed by atoms with Gasteiger partial charge in [-0.25, -0.2) is 0 Å². The molecule has 0 bridgehead atoms. The lowest BCUT2D eigenvalue weighted by atomic mass is 10.1. The minimum Gasteiger partial charge on any atom is -0.496 e. The van der Waals surface area contributed by atoms with E-state index in [0.29, 0.717) is 28.6 Å². The van der Waals surface area contributed by atoms with E-state index in [1.165, 1.54) is 0 Å². The fourth-order valence-electron chi connectivity index (χ4n) is 2.37. The number of hydrogen-bond acceptors (Lipinski definition) is 3. The maximum atomic E-state index is 12.3. The molecular weight excluding hydrogens is 304 g/mol. The van der Waals surface area contributed by atoms with Gasteiger partial charge in [-0.2, -0.15) is 0 Å². The molecule has 0 atom stereocenters. The SMILES string of the molecule is COc1cc(C(=O)Nc2ccc(C(=O)NC3CC3)cc2)ccc1C. The molecule has 0 radical (unpaired) electrons. The van der Waals surface area contributed by atoms with Crippen LogP contribution < -0.4 is 15.4 Å². The molecule has 0 aliphatic heterocycles. The van der Waals surface area contributed by atoms with Crippen molar-refractivity contribution in [1.29, 1.82) is 0 Å². The molecule has 5 heteroatoms. The van der Waals surface area contributed by atoms with Crippen molar-refractivity contribution in [3.63, 3.8) is 0 Å². The van der Waals surface area contributed by atoms with Gasteiger partial charge in [0.1, 0.15) is 5.75 Å². The van der Waals surface area contributed by atoms with E-state index in [-0.39, 0.29) is 11.8 Å². The second-order valence-corrected chi connectivity index (χ2v) is 5.96. The Kier molecular flexibility index (Phi) is 4.51. The van der Waals surface area contributed by atoms with E-state index in [4.69, 9.17) is 4.74 Å². The molecule has 24 heavy (non-hydrogen) atoms. The van der Waals surface area contributed by atoms with Crippen LogP contribution in [-0.2, 0) is 0 Å². The number of hydrogen-bond donors (Lipinski definition) is 2. The maximum absolute atomic E-state index is 12.3. The number of carbonyl (C=O) groups excluding carboxylic acids is 2. The van der Waals surface area contributed by atoms with Crippen molar-refractivity contribution in [3.05, 3.63) is 59.2 Å². The summed E-state index contributed by atoms with van der Waals surface area (Å²) < 4.78 is 5.24. The molecule has 1 aliphatic rings. The fourth-order valence-corrected chi connectivity index (χ4v) is 2.37. The van der Waals surface area contributed by atoms with Crippen LogP contribution >= 0.6 is 0 Å². The predicted molar refractivity (Wildman–Crippen MR) is 92.6 cm³/mol. The molecule has 0 saturated heterocycles. The summed E-state index contributed by atoms with van der Waals surface area (Å²) in [6.07, 6.45) is 2.11. The first-order valence-corrected chi connectivity index (χ1v) is 7.94.